The van der Waals surface area contributed by atoms with Crippen molar-refractivity contribution in [3.05, 3.63) is 56.8 Å². The Balaban J connectivity index is 1.79. The molecule has 1 aromatic carbocycles. The largest absolute Gasteiger partial charge is 0.497 e. The molecule has 0 saturated carbocycles. The minimum atomic E-state index is -0.541. The zero-order valence-electron chi connectivity index (χ0n) is 15.7. The van der Waals surface area contributed by atoms with E-state index in [1.807, 2.05) is 0 Å². The number of anilines is 2. The van der Waals surface area contributed by atoms with Crippen LogP contribution in [0.25, 0.3) is 16.5 Å². The number of thiophene rings is 1. The van der Waals surface area contributed by atoms with Crippen molar-refractivity contribution in [1.82, 2.24) is 14.8 Å². The fraction of sp³-hybridized carbons (Fsp3) is 0.158. The third-order valence-corrected chi connectivity index (χ3v) is 5.95. The summed E-state index contributed by atoms with van der Waals surface area (Å²) in [5.74, 6) is 0.0787. The number of hydrogen-bond donors (Lipinski definition) is 2. The molecule has 0 unspecified atom stereocenters. The number of fused-ring (bicyclic) bond motifs is 1. The molecule has 0 aliphatic carbocycles. The van der Waals surface area contributed by atoms with Crippen molar-refractivity contribution < 1.29 is 13.9 Å². The number of ether oxygens (including phenoxy) is 1. The summed E-state index contributed by atoms with van der Waals surface area (Å²) < 4.78 is 18.8. The first-order valence-electron chi connectivity index (χ1n) is 8.78. The highest BCUT2D eigenvalue weighted by Gasteiger charge is 2.21. The number of nitrogen functional groups attached to an aromatic ring is 1. The highest BCUT2D eigenvalue weighted by molar-refractivity contribution is 7.16. The van der Waals surface area contributed by atoms with Gasteiger partial charge in [-0.1, -0.05) is 0 Å². The van der Waals surface area contributed by atoms with Crippen molar-refractivity contribution >= 4 is 49.5 Å². The molecule has 3 N–H and O–H groups in total. The van der Waals surface area contributed by atoms with Gasteiger partial charge >= 0.3 is 0 Å². The first-order valence-corrected chi connectivity index (χ1v) is 10.5. The summed E-state index contributed by atoms with van der Waals surface area (Å²) in [4.78, 5) is 30.1. The molecule has 3 aromatic heterocycles. The van der Waals surface area contributed by atoms with Crippen LogP contribution >= 0.6 is 22.7 Å². The smallest absolute Gasteiger partial charge is 0.282 e. The van der Waals surface area contributed by atoms with E-state index in [-0.39, 0.29) is 17.5 Å². The van der Waals surface area contributed by atoms with Crippen molar-refractivity contribution in [2.24, 2.45) is 0 Å². The lowest BCUT2D eigenvalue weighted by Crippen LogP contribution is -2.26. The van der Waals surface area contributed by atoms with Crippen molar-refractivity contribution in [2.45, 2.75) is 6.42 Å². The van der Waals surface area contributed by atoms with Crippen LogP contribution in [-0.4, -0.2) is 34.5 Å². The van der Waals surface area contributed by atoms with E-state index in [4.69, 9.17) is 10.5 Å². The number of aryl methyl sites for hydroxylation is 1. The lowest BCUT2D eigenvalue weighted by atomic mass is 10.2. The Hall–Kier alpha value is -3.31. The van der Waals surface area contributed by atoms with E-state index in [9.17, 15) is 14.0 Å². The zero-order valence-corrected chi connectivity index (χ0v) is 17.3. The topological polar surface area (TPSA) is 112 Å². The molecular formula is C19H16FN5O3S2. The number of thiazole rings is 1. The van der Waals surface area contributed by atoms with Gasteiger partial charge in [-0.05, 0) is 24.3 Å². The molecule has 3 heterocycles. The summed E-state index contributed by atoms with van der Waals surface area (Å²) in [5, 5.41) is 11.5. The summed E-state index contributed by atoms with van der Waals surface area (Å²) in [6, 6.07) is 6.69. The van der Waals surface area contributed by atoms with Gasteiger partial charge in [0.2, 0.25) is 0 Å². The maximum absolute atomic E-state index is 13.0. The van der Waals surface area contributed by atoms with Crippen LogP contribution in [-0.2, 0) is 6.42 Å². The molecular weight excluding hydrogens is 428 g/mol. The summed E-state index contributed by atoms with van der Waals surface area (Å²) in [7, 11) is 1.54. The van der Waals surface area contributed by atoms with Gasteiger partial charge in [-0.25, -0.2) is 4.98 Å². The Morgan fingerprint density at radius 2 is 2.03 bits per heavy atom. The van der Waals surface area contributed by atoms with Gasteiger partial charge in [0, 0.05) is 22.6 Å². The fourth-order valence-electron chi connectivity index (χ4n) is 2.87. The molecule has 4 rings (SSSR count). The van der Waals surface area contributed by atoms with Crippen LogP contribution in [0.5, 0.6) is 5.75 Å². The minimum absolute atomic E-state index is 0.0376. The molecule has 0 fully saturated rings. The number of aromatic nitrogens is 3. The Labute approximate surface area is 177 Å². The van der Waals surface area contributed by atoms with Crippen LogP contribution in [0.1, 0.15) is 16.2 Å². The number of carbonyl (C=O) groups is 1. The summed E-state index contributed by atoms with van der Waals surface area (Å²) in [6.45, 7) is -0.527. The SMILES string of the molecule is COc1ccc(-n2nc(C(=O)Nc3nc(CC[18F])cs3)c3csc(N)c3c2=O)cc1. The molecule has 30 heavy (non-hydrogen) atoms. The number of halogens is 1. The second-order valence-electron chi connectivity index (χ2n) is 6.19. The van der Waals surface area contributed by atoms with Crippen molar-refractivity contribution in [2.75, 3.05) is 24.8 Å². The van der Waals surface area contributed by atoms with Gasteiger partial charge in [0.1, 0.15) is 5.75 Å². The molecule has 0 atom stereocenters. The summed E-state index contributed by atoms with van der Waals surface area (Å²) in [6.07, 6.45) is 0.179. The van der Waals surface area contributed by atoms with Crippen molar-refractivity contribution in [1.29, 1.82) is 0 Å². The van der Waals surface area contributed by atoms with Crippen molar-refractivity contribution in [3.63, 3.8) is 0 Å². The van der Waals surface area contributed by atoms with Gasteiger partial charge in [-0.15, -0.1) is 22.7 Å². The van der Waals surface area contributed by atoms with E-state index < -0.39 is 18.1 Å². The van der Waals surface area contributed by atoms with Crippen LogP contribution in [0, 0.1) is 0 Å². The third kappa shape index (κ3) is 3.64. The number of amides is 1. The minimum Gasteiger partial charge on any atom is -0.497 e. The highest BCUT2D eigenvalue weighted by atomic mass is 32.1. The van der Waals surface area contributed by atoms with Gasteiger partial charge in [0.05, 0.1) is 35.6 Å². The summed E-state index contributed by atoms with van der Waals surface area (Å²) >= 11 is 2.35. The number of nitrogens with zero attached hydrogens (tertiary/aromatic N) is 3. The Morgan fingerprint density at radius 1 is 1.27 bits per heavy atom. The second kappa shape index (κ2) is 8.20. The van der Waals surface area contributed by atoms with E-state index in [0.29, 0.717) is 32.6 Å². The normalized spacial score (nSPS) is 11.0. The quantitative estimate of drug-likeness (QED) is 0.472. The molecule has 0 radical (unpaired) electrons. The van der Waals surface area contributed by atoms with Crippen LogP contribution in [0.3, 0.4) is 0 Å². The van der Waals surface area contributed by atoms with Gasteiger partial charge in [-0.3, -0.25) is 19.3 Å². The summed E-state index contributed by atoms with van der Waals surface area (Å²) in [5.41, 5.74) is 6.63. The number of hydrogen-bond acceptors (Lipinski definition) is 8. The fourth-order valence-corrected chi connectivity index (χ4v) is 4.40. The van der Waals surface area contributed by atoms with Crippen LogP contribution in [0.2, 0.25) is 0 Å². The molecule has 154 valence electrons. The molecule has 0 spiro atoms. The standard InChI is InChI=1S/C19H16FN5O3S2/c1-28-12-4-2-11(3-5-12)25-18(27)14-13(9-29-16(14)21)15(24-25)17(26)23-19-22-10(6-7-20)8-30-19/h2-5,8-9H,6-7,21H2,1H3,(H,22,23,26)/i20-1. The lowest BCUT2D eigenvalue weighted by molar-refractivity contribution is 0.102. The third-order valence-electron chi connectivity index (χ3n) is 4.34. The van der Waals surface area contributed by atoms with Gasteiger partial charge in [-0.2, -0.15) is 9.78 Å². The average Bonchev–Trinajstić information content (AvgIpc) is 3.35. The average molecular weight is 445 g/mol. The second-order valence-corrected chi connectivity index (χ2v) is 7.96. The Bertz CT molecular complexity index is 1280. The first kappa shape index (κ1) is 20.0. The lowest BCUT2D eigenvalue weighted by Gasteiger charge is -2.10. The first-order chi connectivity index (χ1) is 14.5. The molecule has 0 saturated heterocycles. The number of nitrogens with one attached hydrogen (secondary N) is 1. The molecule has 0 bridgehead atoms. The number of nitrogens with two attached hydrogens (primary N) is 1. The van der Waals surface area contributed by atoms with E-state index in [1.165, 1.54) is 18.4 Å². The molecule has 0 aliphatic rings. The van der Waals surface area contributed by atoms with E-state index >= 15 is 0 Å². The van der Waals surface area contributed by atoms with E-state index in [2.05, 4.69) is 15.4 Å². The maximum atomic E-state index is 13.0. The predicted octanol–water partition coefficient (Wildman–Crippen LogP) is 3.26. The number of benzene rings is 1. The Morgan fingerprint density at radius 3 is 2.73 bits per heavy atom. The van der Waals surface area contributed by atoms with Gasteiger partial charge in [0.25, 0.3) is 11.5 Å². The molecule has 8 nitrogen and oxygen atoms in total. The predicted molar refractivity (Wildman–Crippen MR) is 116 cm³/mol. The van der Waals surface area contributed by atoms with Crippen LogP contribution in [0.15, 0.2) is 39.8 Å². The molecule has 4 aromatic rings. The number of alkyl halides is 1. The molecule has 11 heteroatoms. The van der Waals surface area contributed by atoms with Gasteiger partial charge in [0.15, 0.2) is 10.8 Å². The number of methoxy groups -OCH3 is 1. The number of carbonyl (C=O) groups excluding carboxylic acids is 1. The highest BCUT2D eigenvalue weighted by Crippen LogP contribution is 2.28. The van der Waals surface area contributed by atoms with Crippen LogP contribution in [0.4, 0.5) is 14.5 Å². The Kier molecular flexibility index (Phi) is 5.46. The van der Waals surface area contributed by atoms with Crippen molar-refractivity contribution in [3.8, 4) is 11.4 Å². The number of rotatable bonds is 6. The molecule has 1 amide bonds. The van der Waals surface area contributed by atoms with E-state index in [1.54, 1.807) is 35.0 Å². The van der Waals surface area contributed by atoms with Gasteiger partial charge < -0.3 is 10.5 Å². The molecule has 0 aliphatic heterocycles. The zero-order chi connectivity index (χ0) is 21.3. The van der Waals surface area contributed by atoms with Crippen LogP contribution < -0.4 is 21.3 Å². The van der Waals surface area contributed by atoms with E-state index in [0.717, 1.165) is 16.0 Å². The maximum Gasteiger partial charge on any atom is 0.282 e. The monoisotopic (exact) mass is 444 g/mol.